The molecule has 4 heteroatoms. The summed E-state index contributed by atoms with van der Waals surface area (Å²) >= 11 is 0. The number of carbonyl (C=O) groups is 1. The van der Waals surface area contributed by atoms with Gasteiger partial charge >= 0.3 is 0 Å². The Morgan fingerprint density at radius 3 is 3.36 bits per heavy atom. The quantitative estimate of drug-likeness (QED) is 0.558. The van der Waals surface area contributed by atoms with Crippen LogP contribution in [0.3, 0.4) is 0 Å². The van der Waals surface area contributed by atoms with Crippen molar-refractivity contribution in [2.75, 3.05) is 13.1 Å². The summed E-state index contributed by atoms with van der Waals surface area (Å²) in [5, 5.41) is 7.39. The molecule has 2 N–H and O–H groups in total. The van der Waals surface area contributed by atoms with E-state index in [0.717, 1.165) is 25.9 Å². The lowest BCUT2D eigenvalue weighted by molar-refractivity contribution is -0.130. The molecule has 0 aromatic carbocycles. The smallest absolute Gasteiger partial charge is 0.160 e. The third-order valence-corrected chi connectivity index (χ3v) is 3.76. The van der Waals surface area contributed by atoms with Gasteiger partial charge in [-0.1, -0.05) is 0 Å². The summed E-state index contributed by atoms with van der Waals surface area (Å²) in [6.45, 7) is 2.00. The van der Waals surface area contributed by atoms with Gasteiger partial charge in [0.2, 0.25) is 0 Å². The van der Waals surface area contributed by atoms with Crippen molar-refractivity contribution >= 4 is 12.0 Å². The maximum absolute atomic E-state index is 12.1. The molecule has 4 atom stereocenters. The number of carbonyl (C=O) groups excluding carboxylic acids is 1. The number of ketones is 1. The summed E-state index contributed by atoms with van der Waals surface area (Å²) in [7, 11) is 0. The first kappa shape index (κ1) is 8.41. The molecule has 0 aromatic rings. The fraction of sp³-hybridized carbons (Fsp3) is 0.800. The van der Waals surface area contributed by atoms with E-state index in [4.69, 9.17) is 0 Å². The van der Waals surface area contributed by atoms with Crippen LogP contribution in [0.5, 0.6) is 0 Å². The maximum Gasteiger partial charge on any atom is 0.160 e. The highest BCUT2D eigenvalue weighted by molar-refractivity contribution is 5.92. The molecule has 1 saturated carbocycles. The normalized spacial score (nSPS) is 45.6. The summed E-state index contributed by atoms with van der Waals surface area (Å²) in [5.74, 6) is 1.57. The van der Waals surface area contributed by atoms with Gasteiger partial charge in [0.15, 0.2) is 5.78 Å². The predicted octanol–water partition coefficient (Wildman–Crippen LogP) is -0.241. The fourth-order valence-electron chi connectivity index (χ4n) is 3.00. The van der Waals surface area contributed by atoms with Crippen molar-refractivity contribution < 1.29 is 4.79 Å². The molecule has 76 valence electrons. The van der Waals surface area contributed by atoms with E-state index >= 15 is 0 Å². The molecule has 0 bridgehead atoms. The molecule has 4 nitrogen and oxygen atoms in total. The van der Waals surface area contributed by atoms with E-state index < -0.39 is 0 Å². The second-order valence-corrected chi connectivity index (χ2v) is 4.55. The van der Waals surface area contributed by atoms with Crippen molar-refractivity contribution in [1.82, 2.24) is 10.7 Å². The van der Waals surface area contributed by atoms with Crippen LogP contribution in [-0.4, -0.2) is 31.1 Å². The molecular formula is C10H15N3O. The molecule has 4 unspecified atom stereocenters. The van der Waals surface area contributed by atoms with Crippen LogP contribution in [0.1, 0.15) is 12.8 Å². The van der Waals surface area contributed by atoms with Gasteiger partial charge in [-0.25, -0.2) is 0 Å². The lowest BCUT2D eigenvalue weighted by atomic mass is 9.69. The van der Waals surface area contributed by atoms with Crippen LogP contribution in [0.2, 0.25) is 0 Å². The first-order chi connectivity index (χ1) is 6.86. The van der Waals surface area contributed by atoms with Crippen LogP contribution in [0.4, 0.5) is 0 Å². The molecule has 0 radical (unpaired) electrons. The Morgan fingerprint density at radius 1 is 1.50 bits per heavy atom. The van der Waals surface area contributed by atoms with Gasteiger partial charge in [0.25, 0.3) is 0 Å². The number of piperidine rings is 1. The molecule has 2 fully saturated rings. The Balaban J connectivity index is 1.84. The summed E-state index contributed by atoms with van der Waals surface area (Å²) in [5.41, 5.74) is 2.94. The van der Waals surface area contributed by atoms with Crippen molar-refractivity contribution in [3.05, 3.63) is 0 Å². The number of fused-ring (bicyclic) bond motifs is 2. The van der Waals surface area contributed by atoms with Gasteiger partial charge in [0.1, 0.15) is 6.04 Å². The molecule has 2 heterocycles. The summed E-state index contributed by atoms with van der Waals surface area (Å²) in [6, 6.07) is -0.00523. The second-order valence-electron chi connectivity index (χ2n) is 4.55. The molecule has 3 rings (SSSR count). The van der Waals surface area contributed by atoms with Crippen LogP contribution in [-0.2, 0) is 4.79 Å². The number of hydrogen-bond donors (Lipinski definition) is 2. The van der Waals surface area contributed by atoms with Gasteiger partial charge in [-0.05, 0) is 31.8 Å². The van der Waals surface area contributed by atoms with Crippen LogP contribution in [0, 0.1) is 17.8 Å². The number of nitrogens with one attached hydrogen (secondary N) is 2. The Hall–Kier alpha value is -0.900. The van der Waals surface area contributed by atoms with E-state index in [1.807, 2.05) is 6.21 Å². The predicted molar refractivity (Wildman–Crippen MR) is 53.0 cm³/mol. The van der Waals surface area contributed by atoms with E-state index in [9.17, 15) is 4.79 Å². The van der Waals surface area contributed by atoms with Crippen LogP contribution < -0.4 is 10.7 Å². The number of Topliss-reactive ketones (excluding diaryl/α,β-unsaturated/α-hetero) is 1. The van der Waals surface area contributed by atoms with Gasteiger partial charge in [0.05, 0.1) is 0 Å². The van der Waals surface area contributed by atoms with E-state index in [2.05, 4.69) is 15.8 Å². The number of hydrazone groups is 1. The van der Waals surface area contributed by atoms with Crippen molar-refractivity contribution in [2.24, 2.45) is 22.9 Å². The van der Waals surface area contributed by atoms with Crippen molar-refractivity contribution in [2.45, 2.75) is 18.9 Å². The molecule has 0 amide bonds. The molecule has 0 aromatic heterocycles. The van der Waals surface area contributed by atoms with Gasteiger partial charge in [-0.3, -0.25) is 10.2 Å². The molecule has 14 heavy (non-hydrogen) atoms. The van der Waals surface area contributed by atoms with Gasteiger partial charge < -0.3 is 5.32 Å². The van der Waals surface area contributed by atoms with Gasteiger partial charge in [-0.2, -0.15) is 5.10 Å². The zero-order chi connectivity index (χ0) is 9.54. The zero-order valence-electron chi connectivity index (χ0n) is 8.07. The highest BCUT2D eigenvalue weighted by Gasteiger charge is 2.45. The lowest BCUT2D eigenvalue weighted by Crippen LogP contribution is -2.53. The van der Waals surface area contributed by atoms with E-state index in [0.29, 0.717) is 17.6 Å². The van der Waals surface area contributed by atoms with E-state index in [1.165, 1.54) is 0 Å². The van der Waals surface area contributed by atoms with Gasteiger partial charge in [0, 0.05) is 18.1 Å². The molecular weight excluding hydrogens is 178 g/mol. The third-order valence-electron chi connectivity index (χ3n) is 3.76. The van der Waals surface area contributed by atoms with Crippen molar-refractivity contribution in [3.63, 3.8) is 0 Å². The Kier molecular flexibility index (Phi) is 1.83. The second kappa shape index (κ2) is 3.05. The molecule has 1 saturated heterocycles. The minimum absolute atomic E-state index is 0.00523. The van der Waals surface area contributed by atoms with E-state index in [1.54, 1.807) is 0 Å². The number of nitrogens with zero attached hydrogens (tertiary/aromatic N) is 1. The summed E-state index contributed by atoms with van der Waals surface area (Å²) in [6.07, 6.45) is 4.03. The largest absolute Gasteiger partial charge is 0.316 e. The van der Waals surface area contributed by atoms with Crippen LogP contribution >= 0.6 is 0 Å². The van der Waals surface area contributed by atoms with Crippen molar-refractivity contribution in [1.29, 1.82) is 0 Å². The molecule has 2 aliphatic heterocycles. The molecule has 1 aliphatic carbocycles. The number of rotatable bonds is 0. The minimum atomic E-state index is -0.00523. The maximum atomic E-state index is 12.1. The Labute approximate surface area is 83.1 Å². The lowest BCUT2D eigenvalue weighted by Gasteiger charge is -2.39. The van der Waals surface area contributed by atoms with Crippen molar-refractivity contribution in [3.8, 4) is 0 Å². The average Bonchev–Trinajstić information content (AvgIpc) is 2.66. The first-order valence-corrected chi connectivity index (χ1v) is 5.39. The topological polar surface area (TPSA) is 53.5 Å². The van der Waals surface area contributed by atoms with Crippen LogP contribution in [0.15, 0.2) is 5.10 Å². The highest BCUT2D eigenvalue weighted by atomic mass is 16.1. The Morgan fingerprint density at radius 2 is 2.43 bits per heavy atom. The standard InChI is InChI=1S/C10H15N3O/c14-10-8-1-2-11-4-6(8)3-7-5-12-13-9(7)10/h5-9,11,13H,1-4H2. The summed E-state index contributed by atoms with van der Waals surface area (Å²) < 4.78 is 0. The summed E-state index contributed by atoms with van der Waals surface area (Å²) in [4.78, 5) is 12.1. The first-order valence-electron chi connectivity index (χ1n) is 5.39. The minimum Gasteiger partial charge on any atom is -0.316 e. The zero-order valence-corrected chi connectivity index (χ0v) is 8.07. The fourth-order valence-corrected chi connectivity index (χ4v) is 3.00. The average molecular weight is 193 g/mol. The van der Waals surface area contributed by atoms with Gasteiger partial charge in [-0.15, -0.1) is 0 Å². The molecule has 3 aliphatic rings. The van der Waals surface area contributed by atoms with E-state index in [-0.39, 0.29) is 12.0 Å². The monoisotopic (exact) mass is 193 g/mol. The SMILES string of the molecule is O=C1C2CCNCC2CC2C=NNC12. The highest BCUT2D eigenvalue weighted by Crippen LogP contribution is 2.35. The third kappa shape index (κ3) is 1.10. The Bertz CT molecular complexity index is 289. The van der Waals surface area contributed by atoms with Crippen LogP contribution in [0.25, 0.3) is 0 Å². The molecule has 0 spiro atoms. The number of hydrogen-bond acceptors (Lipinski definition) is 4.